The second-order valence-corrected chi connectivity index (χ2v) is 3.59. The monoisotopic (exact) mass is 284 g/mol. The number of nitro benzene ring substituents is 1. The van der Waals surface area contributed by atoms with Gasteiger partial charge in [0.25, 0.3) is 5.91 Å². The first-order chi connectivity index (χ1) is 9.40. The number of hydrogen-bond acceptors (Lipinski definition) is 6. The molecule has 2 rings (SSSR count). The third-order valence-corrected chi connectivity index (χ3v) is 2.24. The van der Waals surface area contributed by atoms with E-state index in [4.69, 9.17) is 4.42 Å². The number of hydrogen-bond donors (Lipinski definition) is 1. The number of carbonyl (C=O) groups excluding carboxylic acids is 1. The van der Waals surface area contributed by atoms with Gasteiger partial charge in [0, 0.05) is 13.0 Å². The zero-order valence-corrected chi connectivity index (χ0v) is 9.89. The van der Waals surface area contributed by atoms with E-state index in [0.717, 1.165) is 0 Å². The van der Waals surface area contributed by atoms with Crippen LogP contribution in [0.25, 0.3) is 0 Å². The molecule has 0 aliphatic rings. The molecule has 1 amide bonds. The molecule has 0 fully saturated rings. The fraction of sp³-hybridized carbons (Fsp3) is 0.100. The molecule has 0 radical (unpaired) electrons. The topological polar surface area (TPSA) is 111 Å². The van der Waals surface area contributed by atoms with Crippen molar-refractivity contribution in [3.05, 3.63) is 45.3 Å². The number of anilines is 1. The fourth-order valence-electron chi connectivity index (χ4n) is 1.40. The van der Waals surface area contributed by atoms with Gasteiger partial charge in [-0.05, 0) is 6.07 Å². The van der Waals surface area contributed by atoms with Crippen molar-refractivity contribution in [2.75, 3.05) is 5.32 Å². The number of nitro groups is 1. The van der Waals surface area contributed by atoms with E-state index in [1.807, 2.05) is 5.32 Å². The number of amides is 1. The molecule has 0 unspecified atom stereocenters. The van der Waals surface area contributed by atoms with Gasteiger partial charge < -0.3 is 4.42 Å². The third kappa shape index (κ3) is 2.43. The number of aromatic nitrogens is 2. The minimum absolute atomic E-state index is 0.125. The molecule has 1 aromatic carbocycles. The number of rotatable bonds is 3. The maximum Gasteiger partial charge on any atom is 0.322 e. The summed E-state index contributed by atoms with van der Waals surface area (Å²) in [5.74, 6) is -3.97. The van der Waals surface area contributed by atoms with Crippen molar-refractivity contribution in [1.29, 1.82) is 0 Å². The summed E-state index contributed by atoms with van der Waals surface area (Å²) in [4.78, 5) is 21.2. The minimum Gasteiger partial charge on any atom is -0.408 e. The molecule has 0 bridgehead atoms. The molecule has 104 valence electrons. The summed E-state index contributed by atoms with van der Waals surface area (Å²) in [5, 5.41) is 19.3. The molecule has 1 heterocycles. The summed E-state index contributed by atoms with van der Waals surface area (Å²) in [7, 11) is 0. The van der Waals surface area contributed by atoms with E-state index in [0.29, 0.717) is 12.1 Å². The molecule has 0 saturated carbocycles. The lowest BCUT2D eigenvalue weighted by molar-refractivity contribution is -0.387. The molecule has 1 aromatic heterocycles. The highest BCUT2D eigenvalue weighted by atomic mass is 19.1. The maximum absolute atomic E-state index is 13.7. The first-order valence-electron chi connectivity index (χ1n) is 5.14. The van der Waals surface area contributed by atoms with E-state index in [1.54, 1.807) is 0 Å². The van der Waals surface area contributed by atoms with Gasteiger partial charge >= 0.3 is 11.7 Å². The van der Waals surface area contributed by atoms with Gasteiger partial charge in [-0.15, -0.1) is 5.10 Å². The van der Waals surface area contributed by atoms with E-state index < -0.39 is 33.7 Å². The van der Waals surface area contributed by atoms with Gasteiger partial charge in [-0.1, -0.05) is 5.10 Å². The molecular formula is C10H6F2N4O4. The highest BCUT2D eigenvalue weighted by molar-refractivity contribution is 6.04. The molecular weight excluding hydrogens is 278 g/mol. The van der Waals surface area contributed by atoms with Gasteiger partial charge in [0.05, 0.1) is 4.92 Å². The Morgan fingerprint density at radius 2 is 2.10 bits per heavy atom. The number of nitrogens with one attached hydrogen (secondary N) is 1. The molecule has 0 saturated heterocycles. The SMILES string of the molecule is Cc1nnc(NC(=O)c2c(F)ccc([N+](=O)[O-])c2F)o1. The number of aryl methyl sites for hydroxylation is 1. The van der Waals surface area contributed by atoms with E-state index >= 15 is 0 Å². The largest absolute Gasteiger partial charge is 0.408 e. The van der Waals surface area contributed by atoms with Gasteiger partial charge in [0.1, 0.15) is 11.4 Å². The molecule has 10 heteroatoms. The predicted octanol–water partition coefficient (Wildman–Crippen LogP) is 1.82. The van der Waals surface area contributed by atoms with Crippen LogP contribution >= 0.6 is 0 Å². The molecule has 0 aliphatic carbocycles. The van der Waals surface area contributed by atoms with Crippen molar-refractivity contribution in [3.63, 3.8) is 0 Å². The second-order valence-electron chi connectivity index (χ2n) is 3.59. The van der Waals surface area contributed by atoms with E-state index in [2.05, 4.69) is 10.2 Å². The zero-order chi connectivity index (χ0) is 14.9. The van der Waals surface area contributed by atoms with E-state index in [-0.39, 0.29) is 11.9 Å². The summed E-state index contributed by atoms with van der Waals surface area (Å²) in [6.45, 7) is 1.44. The van der Waals surface area contributed by atoms with Crippen molar-refractivity contribution in [2.45, 2.75) is 6.92 Å². The zero-order valence-electron chi connectivity index (χ0n) is 9.89. The maximum atomic E-state index is 13.7. The number of carbonyl (C=O) groups is 1. The lowest BCUT2D eigenvalue weighted by atomic mass is 10.1. The van der Waals surface area contributed by atoms with Crippen LogP contribution in [0.1, 0.15) is 16.2 Å². The normalized spacial score (nSPS) is 10.3. The van der Waals surface area contributed by atoms with Crippen molar-refractivity contribution < 1.29 is 22.9 Å². The lowest BCUT2D eigenvalue weighted by Gasteiger charge is -2.04. The Morgan fingerprint density at radius 3 is 2.65 bits per heavy atom. The van der Waals surface area contributed by atoms with Crippen LogP contribution in [0, 0.1) is 28.7 Å². The van der Waals surface area contributed by atoms with Crippen molar-refractivity contribution in [1.82, 2.24) is 10.2 Å². The fourth-order valence-corrected chi connectivity index (χ4v) is 1.40. The van der Waals surface area contributed by atoms with Crippen LogP contribution in [0.3, 0.4) is 0 Å². The Bertz CT molecular complexity index is 701. The van der Waals surface area contributed by atoms with Crippen LogP contribution < -0.4 is 5.32 Å². The highest BCUT2D eigenvalue weighted by Gasteiger charge is 2.27. The van der Waals surface area contributed by atoms with Crippen LogP contribution in [0.15, 0.2) is 16.5 Å². The Balaban J connectivity index is 2.38. The predicted molar refractivity (Wildman–Crippen MR) is 60.0 cm³/mol. The van der Waals surface area contributed by atoms with Crippen molar-refractivity contribution in [2.24, 2.45) is 0 Å². The molecule has 20 heavy (non-hydrogen) atoms. The summed E-state index contributed by atoms with van der Waals surface area (Å²) < 4.78 is 32.0. The Labute approximate surface area is 109 Å². The molecule has 0 atom stereocenters. The van der Waals surface area contributed by atoms with Gasteiger partial charge in [0.15, 0.2) is 0 Å². The summed E-state index contributed by atoms with van der Waals surface area (Å²) in [6.07, 6.45) is 0. The standard InChI is InChI=1S/C10H6F2N4O4/c1-4-14-15-10(20-4)13-9(17)7-5(11)2-3-6(8(7)12)16(18)19/h2-3H,1H3,(H,13,15,17). The van der Waals surface area contributed by atoms with Crippen LogP contribution in [-0.2, 0) is 0 Å². The average Bonchev–Trinajstić information content (AvgIpc) is 2.74. The quantitative estimate of drug-likeness (QED) is 0.679. The lowest BCUT2D eigenvalue weighted by Crippen LogP contribution is -2.17. The molecule has 0 spiro atoms. The van der Waals surface area contributed by atoms with E-state index in [1.165, 1.54) is 6.92 Å². The summed E-state index contributed by atoms with van der Waals surface area (Å²) in [6, 6.07) is 0.867. The Morgan fingerprint density at radius 1 is 1.40 bits per heavy atom. The van der Waals surface area contributed by atoms with Crippen LogP contribution in [-0.4, -0.2) is 21.0 Å². The first kappa shape index (κ1) is 13.5. The first-order valence-corrected chi connectivity index (χ1v) is 5.14. The van der Waals surface area contributed by atoms with E-state index in [9.17, 15) is 23.7 Å². The molecule has 8 nitrogen and oxygen atoms in total. The van der Waals surface area contributed by atoms with Gasteiger partial charge in [-0.2, -0.15) is 4.39 Å². The second kappa shape index (κ2) is 4.99. The number of benzene rings is 1. The third-order valence-electron chi connectivity index (χ3n) is 2.24. The summed E-state index contributed by atoms with van der Waals surface area (Å²) in [5.41, 5.74) is -2.12. The number of halogens is 2. The van der Waals surface area contributed by atoms with Gasteiger partial charge in [-0.25, -0.2) is 4.39 Å². The van der Waals surface area contributed by atoms with Crippen LogP contribution in [0.2, 0.25) is 0 Å². The van der Waals surface area contributed by atoms with Crippen molar-refractivity contribution >= 4 is 17.6 Å². The Hall–Kier alpha value is -2.91. The number of nitrogens with zero attached hydrogens (tertiary/aromatic N) is 3. The van der Waals surface area contributed by atoms with Crippen molar-refractivity contribution in [3.8, 4) is 0 Å². The van der Waals surface area contributed by atoms with Gasteiger partial charge in [0.2, 0.25) is 11.7 Å². The smallest absolute Gasteiger partial charge is 0.322 e. The van der Waals surface area contributed by atoms with Crippen LogP contribution in [0.5, 0.6) is 0 Å². The molecule has 2 aromatic rings. The Kier molecular flexibility index (Phi) is 3.37. The molecule has 1 N–H and O–H groups in total. The summed E-state index contributed by atoms with van der Waals surface area (Å²) >= 11 is 0. The van der Waals surface area contributed by atoms with Gasteiger partial charge in [-0.3, -0.25) is 20.2 Å². The molecule has 0 aliphatic heterocycles. The van der Waals surface area contributed by atoms with Crippen LogP contribution in [0.4, 0.5) is 20.5 Å². The highest BCUT2D eigenvalue weighted by Crippen LogP contribution is 2.23. The average molecular weight is 284 g/mol. The minimum atomic E-state index is -1.58.